The zero-order valence-electron chi connectivity index (χ0n) is 39.2. The van der Waals surface area contributed by atoms with E-state index in [2.05, 4.69) is 64.2 Å². The van der Waals surface area contributed by atoms with E-state index in [4.69, 9.17) is 27.1 Å². The van der Waals surface area contributed by atoms with Crippen molar-refractivity contribution >= 4 is 51.9 Å². The van der Waals surface area contributed by atoms with Crippen molar-refractivity contribution in [2.45, 2.75) is 57.0 Å². The smallest absolute Gasteiger partial charge is 0.274 e. The Balaban J connectivity index is 0.757. The quantitative estimate of drug-likeness (QED) is 0.108. The zero-order valence-corrected chi connectivity index (χ0v) is 39.9. The molecule has 0 spiro atoms. The number of piperazine rings is 1. The van der Waals surface area contributed by atoms with Gasteiger partial charge < -0.3 is 45.7 Å². The monoisotopic (exact) mass is 944 g/mol. The number of benzene rings is 2. The van der Waals surface area contributed by atoms with Crippen LogP contribution >= 0.6 is 11.6 Å². The predicted octanol–water partition coefficient (Wildman–Crippen LogP) is 5.22. The molecule has 0 saturated carbocycles. The maximum absolute atomic E-state index is 14.2. The van der Waals surface area contributed by atoms with Crippen molar-refractivity contribution in [3.63, 3.8) is 0 Å². The third-order valence-corrected chi connectivity index (χ3v) is 14.7. The van der Waals surface area contributed by atoms with E-state index in [1.165, 1.54) is 5.56 Å². The Bertz CT molecular complexity index is 2510. The van der Waals surface area contributed by atoms with Crippen LogP contribution in [0.3, 0.4) is 0 Å². The largest absolute Gasteiger partial charge is 0.379 e. The van der Waals surface area contributed by atoms with Crippen molar-refractivity contribution in [1.82, 2.24) is 44.9 Å². The number of nitrogens with two attached hydrogens (primary N) is 1. The van der Waals surface area contributed by atoms with E-state index < -0.39 is 5.54 Å². The van der Waals surface area contributed by atoms with Gasteiger partial charge in [-0.15, -0.1) is 0 Å². The molecule has 5 aromatic rings. The summed E-state index contributed by atoms with van der Waals surface area (Å²) in [5.74, 6) is 0.899. The van der Waals surface area contributed by atoms with Crippen molar-refractivity contribution in [1.29, 1.82) is 0 Å². The number of fused-ring (bicyclic) bond motifs is 1. The number of rotatable bonds is 15. The number of aryl methyl sites for hydroxylation is 1. The minimum atomic E-state index is -0.992. The lowest BCUT2D eigenvalue weighted by atomic mass is 9.87. The Kier molecular flexibility index (Phi) is 15.3. The van der Waals surface area contributed by atoms with Crippen LogP contribution in [-0.2, 0) is 20.7 Å². The van der Waals surface area contributed by atoms with Crippen LogP contribution in [0.15, 0.2) is 79.4 Å². The molecule has 7 heterocycles. The standard InChI is InChI=1S/C51H65ClN12O4/c1-2-36-4-3-5-39(30-36)40-31-44(58-45(65)34-62-26-28-68-29-27-62)46(55-32-40)49(66)64-18-11-37(12-19-64)33-61-24-22-60(23-25-61)17-13-43(38-6-8-41(52)9-7-38)59-50(67)51(53)14-20-63(21-15-51)48-42-10-16-54-47(42)56-35-57-48/h3-10,16,30-32,35,37,43H,2,11-15,17-29,33-34,53H2,1H3,(H,58,65)(H,59,67)(H,54,56,57). The Morgan fingerprint density at radius 3 is 2.37 bits per heavy atom. The number of pyridine rings is 1. The molecule has 0 aliphatic carbocycles. The molecule has 17 heteroatoms. The number of aromatic amines is 1. The Morgan fingerprint density at radius 1 is 0.868 bits per heavy atom. The fourth-order valence-corrected chi connectivity index (χ4v) is 10.3. The van der Waals surface area contributed by atoms with Gasteiger partial charge in [-0.25, -0.2) is 15.0 Å². The third kappa shape index (κ3) is 11.5. The van der Waals surface area contributed by atoms with E-state index in [9.17, 15) is 14.4 Å². The van der Waals surface area contributed by atoms with Crippen molar-refractivity contribution < 1.29 is 19.1 Å². The SMILES string of the molecule is CCc1cccc(-c2cnc(C(=O)N3CCC(CN4CCN(CCC(NC(=O)C5(N)CCN(c6ncnc7[nH]ccc67)CC5)c5ccc(Cl)cc5)CC4)CC3)c(NC(=O)CN3CCOCC3)c2)c1. The summed E-state index contributed by atoms with van der Waals surface area (Å²) in [6.07, 6.45) is 9.68. The average Bonchev–Trinajstić information content (AvgIpc) is 3.86. The highest BCUT2D eigenvalue weighted by molar-refractivity contribution is 6.30. The van der Waals surface area contributed by atoms with Gasteiger partial charge in [0.15, 0.2) is 5.69 Å². The predicted molar refractivity (Wildman–Crippen MR) is 266 cm³/mol. The van der Waals surface area contributed by atoms with E-state index in [0.717, 1.165) is 98.5 Å². The average molecular weight is 946 g/mol. The number of carbonyl (C=O) groups excluding carboxylic acids is 3. The minimum absolute atomic E-state index is 0.126. The fourth-order valence-electron chi connectivity index (χ4n) is 10.1. The van der Waals surface area contributed by atoms with Gasteiger partial charge in [0, 0.05) is 102 Å². The highest BCUT2D eigenvalue weighted by Crippen LogP contribution is 2.31. The van der Waals surface area contributed by atoms with Gasteiger partial charge in [0.1, 0.15) is 17.8 Å². The molecule has 16 nitrogen and oxygen atoms in total. The lowest BCUT2D eigenvalue weighted by molar-refractivity contribution is -0.128. The Morgan fingerprint density at radius 2 is 1.62 bits per heavy atom. The van der Waals surface area contributed by atoms with Crippen LogP contribution in [0, 0.1) is 5.92 Å². The van der Waals surface area contributed by atoms with E-state index in [1.807, 2.05) is 59.6 Å². The molecule has 3 amide bonds. The number of aromatic nitrogens is 4. The van der Waals surface area contributed by atoms with Gasteiger partial charge in [-0.3, -0.25) is 19.3 Å². The Hall–Kier alpha value is -5.49. The van der Waals surface area contributed by atoms with Crippen molar-refractivity contribution in [2.24, 2.45) is 11.7 Å². The summed E-state index contributed by atoms with van der Waals surface area (Å²) in [6, 6.07) is 19.7. The van der Waals surface area contributed by atoms with Crippen LogP contribution in [0.2, 0.25) is 5.02 Å². The molecule has 5 N–H and O–H groups in total. The van der Waals surface area contributed by atoms with Gasteiger partial charge in [-0.05, 0) is 85.4 Å². The maximum Gasteiger partial charge on any atom is 0.274 e. The van der Waals surface area contributed by atoms with Gasteiger partial charge >= 0.3 is 0 Å². The first-order valence-electron chi connectivity index (χ1n) is 24.4. The molecule has 68 heavy (non-hydrogen) atoms. The van der Waals surface area contributed by atoms with Crippen LogP contribution < -0.4 is 21.3 Å². The molecule has 4 saturated heterocycles. The molecule has 2 aromatic carbocycles. The molecule has 360 valence electrons. The second-order valence-electron chi connectivity index (χ2n) is 18.9. The van der Waals surface area contributed by atoms with E-state index in [-0.39, 0.29) is 36.0 Å². The summed E-state index contributed by atoms with van der Waals surface area (Å²) in [4.78, 5) is 69.5. The first kappa shape index (κ1) is 47.6. The van der Waals surface area contributed by atoms with Crippen molar-refractivity contribution in [3.8, 4) is 11.1 Å². The van der Waals surface area contributed by atoms with Gasteiger partial charge in [0.2, 0.25) is 11.8 Å². The number of amides is 3. The highest BCUT2D eigenvalue weighted by Gasteiger charge is 2.39. The topological polar surface area (TPSA) is 181 Å². The summed E-state index contributed by atoms with van der Waals surface area (Å²) >= 11 is 6.29. The molecular formula is C51H65ClN12O4. The van der Waals surface area contributed by atoms with Crippen LogP contribution in [-0.4, -0.2) is 161 Å². The number of hydrogen-bond acceptors (Lipinski definition) is 12. The first-order valence-corrected chi connectivity index (χ1v) is 24.8. The maximum atomic E-state index is 14.2. The molecule has 4 aliphatic heterocycles. The molecule has 0 radical (unpaired) electrons. The highest BCUT2D eigenvalue weighted by atomic mass is 35.5. The number of piperidine rings is 2. The molecule has 9 rings (SSSR count). The van der Waals surface area contributed by atoms with E-state index in [0.29, 0.717) is 82.0 Å². The number of nitrogens with zero attached hydrogens (tertiary/aromatic N) is 8. The lowest BCUT2D eigenvalue weighted by Crippen LogP contribution is -2.60. The molecule has 1 atom stereocenters. The summed E-state index contributed by atoms with van der Waals surface area (Å²) in [7, 11) is 0. The van der Waals surface area contributed by atoms with E-state index in [1.54, 1.807) is 12.5 Å². The van der Waals surface area contributed by atoms with E-state index >= 15 is 0 Å². The number of nitrogens with one attached hydrogen (secondary N) is 3. The van der Waals surface area contributed by atoms with Gasteiger partial charge in [0.25, 0.3) is 5.91 Å². The second kappa shape index (κ2) is 21.9. The Labute approximate surface area is 403 Å². The number of carbonyl (C=O) groups is 3. The second-order valence-corrected chi connectivity index (χ2v) is 19.4. The number of halogens is 1. The molecular weight excluding hydrogens is 880 g/mol. The van der Waals surface area contributed by atoms with Gasteiger partial charge in [0.05, 0.1) is 42.4 Å². The van der Waals surface area contributed by atoms with Crippen LogP contribution in [0.4, 0.5) is 11.5 Å². The van der Waals surface area contributed by atoms with Gasteiger partial charge in [-0.1, -0.05) is 54.9 Å². The third-order valence-electron chi connectivity index (χ3n) is 14.4. The number of morpholine rings is 1. The first-order chi connectivity index (χ1) is 33.1. The summed E-state index contributed by atoms with van der Waals surface area (Å²) < 4.78 is 5.47. The van der Waals surface area contributed by atoms with Crippen molar-refractivity contribution in [2.75, 3.05) is 109 Å². The molecule has 4 fully saturated rings. The summed E-state index contributed by atoms with van der Waals surface area (Å²) in [5, 5.41) is 8.04. The van der Waals surface area contributed by atoms with Gasteiger partial charge in [-0.2, -0.15) is 0 Å². The molecule has 0 bridgehead atoms. The van der Waals surface area contributed by atoms with Crippen LogP contribution in [0.1, 0.15) is 66.7 Å². The lowest BCUT2D eigenvalue weighted by Gasteiger charge is -2.40. The normalized spacial score (nSPS) is 19.2. The number of hydrogen-bond donors (Lipinski definition) is 4. The number of anilines is 2. The summed E-state index contributed by atoms with van der Waals surface area (Å²) in [5.41, 5.74) is 11.5. The zero-order chi connectivity index (χ0) is 47.0. The number of H-pyrrole nitrogens is 1. The minimum Gasteiger partial charge on any atom is -0.379 e. The van der Waals surface area contributed by atoms with Crippen molar-refractivity contribution in [3.05, 3.63) is 101 Å². The number of ether oxygens (including phenoxy) is 1. The fraction of sp³-hybridized carbons (Fsp3) is 0.490. The number of likely N-dealkylation sites (tertiary alicyclic amines) is 1. The molecule has 1 unspecified atom stereocenters. The van der Waals surface area contributed by atoms with Crippen LogP contribution in [0.25, 0.3) is 22.2 Å². The summed E-state index contributed by atoms with van der Waals surface area (Å²) in [6.45, 7) is 13.1. The molecule has 3 aromatic heterocycles. The van der Waals surface area contributed by atoms with Crippen LogP contribution in [0.5, 0.6) is 0 Å². The molecule has 4 aliphatic rings.